The van der Waals surface area contributed by atoms with Gasteiger partial charge in [-0.05, 0) is 25.0 Å². The van der Waals surface area contributed by atoms with Crippen molar-refractivity contribution in [2.75, 3.05) is 11.5 Å². The Kier molecular flexibility index (Phi) is 5.85. The zero-order valence-electron chi connectivity index (χ0n) is 12.4. The summed E-state index contributed by atoms with van der Waals surface area (Å²) in [6, 6.07) is 6.66. The summed E-state index contributed by atoms with van der Waals surface area (Å²) in [7, 11) is -3.08. The Bertz CT molecular complexity index is 689. The third kappa shape index (κ3) is 5.22. The summed E-state index contributed by atoms with van der Waals surface area (Å²) in [4.78, 5) is 12.4. The number of rotatable bonds is 4. The minimum Gasteiger partial charge on any atom is -0.333 e. The van der Waals surface area contributed by atoms with Gasteiger partial charge in [-0.3, -0.25) is 10.1 Å². The number of hydrogen-bond donors (Lipinski definition) is 2. The van der Waals surface area contributed by atoms with E-state index in [1.165, 1.54) is 0 Å². The van der Waals surface area contributed by atoms with Crippen LogP contribution in [0.2, 0.25) is 0 Å². The lowest BCUT2D eigenvalue weighted by Gasteiger charge is -2.29. The summed E-state index contributed by atoms with van der Waals surface area (Å²) in [6.45, 7) is 1.80. The Morgan fingerprint density at radius 3 is 2.48 bits per heavy atom. The molecule has 0 bridgehead atoms. The van der Waals surface area contributed by atoms with Gasteiger partial charge in [0.1, 0.15) is 6.17 Å². The van der Waals surface area contributed by atoms with Crippen LogP contribution in [0.5, 0.6) is 0 Å². The van der Waals surface area contributed by atoms with Crippen molar-refractivity contribution in [3.8, 4) is 0 Å². The van der Waals surface area contributed by atoms with E-state index in [4.69, 9.17) is 34.8 Å². The molecule has 2 atom stereocenters. The molecule has 5 nitrogen and oxygen atoms in total. The third-order valence-electron chi connectivity index (χ3n) is 3.63. The molecule has 0 unspecified atom stereocenters. The monoisotopic (exact) mass is 398 g/mol. The maximum Gasteiger partial charge on any atom is 0.252 e. The first-order valence-electron chi connectivity index (χ1n) is 6.98. The molecule has 23 heavy (non-hydrogen) atoms. The second-order valence-corrected chi connectivity index (χ2v) is 10.1. The summed E-state index contributed by atoms with van der Waals surface area (Å²) in [5, 5.41) is 5.55. The highest BCUT2D eigenvalue weighted by atomic mass is 35.6. The van der Waals surface area contributed by atoms with E-state index >= 15 is 0 Å². The predicted molar refractivity (Wildman–Crippen MR) is 92.9 cm³/mol. The van der Waals surface area contributed by atoms with Crippen molar-refractivity contribution in [3.05, 3.63) is 35.4 Å². The zero-order chi connectivity index (χ0) is 17.3. The van der Waals surface area contributed by atoms with E-state index in [9.17, 15) is 13.2 Å². The van der Waals surface area contributed by atoms with Crippen LogP contribution in [0.3, 0.4) is 0 Å². The summed E-state index contributed by atoms with van der Waals surface area (Å²) < 4.78 is 21.3. The number of carbonyl (C=O) groups excluding carboxylic acids is 1. The van der Waals surface area contributed by atoms with E-state index in [0.717, 1.165) is 5.56 Å². The molecule has 1 aliphatic heterocycles. The number of aryl methyl sites for hydroxylation is 1. The first-order chi connectivity index (χ1) is 10.6. The largest absolute Gasteiger partial charge is 0.333 e. The highest BCUT2D eigenvalue weighted by molar-refractivity contribution is 7.91. The standard InChI is InChI=1S/C14H17Cl3N2O3S/c1-9-4-2-3-5-11(9)12(20)19-13(14(15,16)17)18-10-6-7-23(21,22)8-10/h2-5,10,13,18H,6-8H2,1H3,(H,19,20)/t10-,13+/m1/s1. The molecule has 1 heterocycles. The van der Waals surface area contributed by atoms with E-state index in [1.807, 2.05) is 6.07 Å². The second kappa shape index (κ2) is 7.15. The number of benzene rings is 1. The van der Waals surface area contributed by atoms with Gasteiger partial charge in [0, 0.05) is 11.6 Å². The number of sulfone groups is 1. The van der Waals surface area contributed by atoms with E-state index < -0.39 is 25.7 Å². The zero-order valence-corrected chi connectivity index (χ0v) is 15.4. The smallest absolute Gasteiger partial charge is 0.252 e. The van der Waals surface area contributed by atoms with E-state index in [0.29, 0.717) is 12.0 Å². The molecular formula is C14H17Cl3N2O3S. The summed E-state index contributed by atoms with van der Waals surface area (Å²) in [5.74, 6) is -0.347. The maximum absolute atomic E-state index is 12.4. The Morgan fingerprint density at radius 1 is 1.30 bits per heavy atom. The van der Waals surface area contributed by atoms with Gasteiger partial charge in [-0.1, -0.05) is 53.0 Å². The lowest BCUT2D eigenvalue weighted by Crippen LogP contribution is -2.56. The van der Waals surface area contributed by atoms with E-state index in [-0.39, 0.29) is 17.5 Å². The van der Waals surface area contributed by atoms with Crippen LogP contribution in [-0.4, -0.2) is 41.8 Å². The molecule has 9 heteroatoms. The van der Waals surface area contributed by atoms with Gasteiger partial charge in [-0.2, -0.15) is 0 Å². The molecule has 2 N–H and O–H groups in total. The van der Waals surface area contributed by atoms with Crippen LogP contribution in [0.4, 0.5) is 0 Å². The van der Waals surface area contributed by atoms with Crippen LogP contribution < -0.4 is 10.6 Å². The third-order valence-corrected chi connectivity index (χ3v) is 6.05. The topological polar surface area (TPSA) is 75.3 Å². The van der Waals surface area contributed by atoms with Crippen molar-refractivity contribution in [2.45, 2.75) is 29.3 Å². The number of halogens is 3. The molecule has 1 aliphatic rings. The molecule has 1 aromatic rings. The maximum atomic E-state index is 12.4. The quantitative estimate of drug-likeness (QED) is 0.601. The number of carbonyl (C=O) groups is 1. The van der Waals surface area contributed by atoms with Gasteiger partial charge < -0.3 is 5.32 Å². The van der Waals surface area contributed by atoms with Crippen molar-refractivity contribution in [3.63, 3.8) is 0 Å². The average Bonchev–Trinajstić information content (AvgIpc) is 2.76. The van der Waals surface area contributed by atoms with Crippen molar-refractivity contribution < 1.29 is 13.2 Å². The summed E-state index contributed by atoms with van der Waals surface area (Å²) in [6.07, 6.45) is -0.585. The van der Waals surface area contributed by atoms with Crippen molar-refractivity contribution in [1.29, 1.82) is 0 Å². The predicted octanol–water partition coefficient (Wildman–Crippen LogP) is 2.20. The van der Waals surface area contributed by atoms with Gasteiger partial charge >= 0.3 is 0 Å². The minimum atomic E-state index is -3.08. The first-order valence-corrected chi connectivity index (χ1v) is 9.94. The van der Waals surface area contributed by atoms with Gasteiger partial charge in [-0.15, -0.1) is 0 Å². The lowest BCUT2D eigenvalue weighted by molar-refractivity contribution is 0.0926. The Hall–Kier alpha value is -0.530. The fourth-order valence-electron chi connectivity index (χ4n) is 2.42. The van der Waals surface area contributed by atoms with Crippen LogP contribution in [0, 0.1) is 6.92 Å². The van der Waals surface area contributed by atoms with Gasteiger partial charge in [0.25, 0.3) is 5.91 Å². The fourth-order valence-corrected chi connectivity index (χ4v) is 4.46. The van der Waals surface area contributed by atoms with Crippen molar-refractivity contribution in [1.82, 2.24) is 10.6 Å². The van der Waals surface area contributed by atoms with Gasteiger partial charge in [0.05, 0.1) is 11.5 Å². The second-order valence-electron chi connectivity index (χ2n) is 5.53. The molecule has 128 valence electrons. The van der Waals surface area contributed by atoms with Gasteiger partial charge in [-0.25, -0.2) is 8.42 Å². The molecule has 1 saturated heterocycles. The molecule has 1 amide bonds. The Balaban J connectivity index is 2.11. The van der Waals surface area contributed by atoms with Gasteiger partial charge in [0.2, 0.25) is 3.79 Å². The molecule has 0 saturated carbocycles. The Morgan fingerprint density at radius 2 is 1.96 bits per heavy atom. The van der Waals surface area contributed by atoms with E-state index in [2.05, 4.69) is 10.6 Å². The average molecular weight is 400 g/mol. The molecule has 0 aliphatic carbocycles. The number of alkyl halides is 3. The highest BCUT2D eigenvalue weighted by Crippen LogP contribution is 2.30. The molecule has 1 aromatic carbocycles. The van der Waals surface area contributed by atoms with Crippen molar-refractivity contribution >= 4 is 50.5 Å². The van der Waals surface area contributed by atoms with E-state index in [1.54, 1.807) is 25.1 Å². The van der Waals surface area contributed by atoms with Crippen LogP contribution >= 0.6 is 34.8 Å². The van der Waals surface area contributed by atoms with Crippen molar-refractivity contribution in [2.24, 2.45) is 0 Å². The molecule has 0 spiro atoms. The van der Waals surface area contributed by atoms with Crippen LogP contribution in [-0.2, 0) is 9.84 Å². The number of amides is 1. The van der Waals surface area contributed by atoms with Crippen LogP contribution in [0.1, 0.15) is 22.3 Å². The highest BCUT2D eigenvalue weighted by Gasteiger charge is 2.38. The minimum absolute atomic E-state index is 0.0372. The van der Waals surface area contributed by atoms with Gasteiger partial charge in [0.15, 0.2) is 9.84 Å². The number of nitrogens with one attached hydrogen (secondary N) is 2. The summed E-state index contributed by atoms with van der Waals surface area (Å²) in [5.41, 5.74) is 1.25. The van der Waals surface area contributed by atoms with Crippen LogP contribution in [0.15, 0.2) is 24.3 Å². The molecule has 1 fully saturated rings. The summed E-state index contributed by atoms with van der Waals surface area (Å²) >= 11 is 17.8. The normalized spacial score (nSPS) is 21.8. The molecule has 0 aromatic heterocycles. The molecule has 2 rings (SSSR count). The Labute approximate surface area is 150 Å². The number of hydrogen-bond acceptors (Lipinski definition) is 4. The lowest BCUT2D eigenvalue weighted by atomic mass is 10.1. The molecule has 0 radical (unpaired) electrons. The first kappa shape index (κ1) is 18.8. The fraction of sp³-hybridized carbons (Fsp3) is 0.500. The molecular weight excluding hydrogens is 383 g/mol. The van der Waals surface area contributed by atoms with Crippen LogP contribution in [0.25, 0.3) is 0 Å². The SMILES string of the molecule is Cc1ccccc1C(=O)N[C@H](N[C@@H]1CCS(=O)(=O)C1)C(Cl)(Cl)Cl.